The highest BCUT2D eigenvalue weighted by molar-refractivity contribution is 8.00. The third kappa shape index (κ3) is 6.76. The number of thioether (sulfide) groups is 1. The van der Waals surface area contributed by atoms with Crippen LogP contribution in [-0.2, 0) is 9.53 Å². The summed E-state index contributed by atoms with van der Waals surface area (Å²) in [7, 11) is 1.17. The van der Waals surface area contributed by atoms with Gasteiger partial charge in [0.05, 0.1) is 7.11 Å². The zero-order valence-corrected chi connectivity index (χ0v) is 12.3. The lowest BCUT2D eigenvalue weighted by molar-refractivity contribution is -0.282. The first-order chi connectivity index (χ1) is 9.15. The zero-order valence-electron chi connectivity index (χ0n) is 11.4. The van der Waals surface area contributed by atoms with E-state index in [1.165, 1.54) is 7.11 Å². The summed E-state index contributed by atoms with van der Waals surface area (Å²) >= 11 is 0.793. The normalized spacial score (nSPS) is 14.2. The average molecular weight is 322 g/mol. The second-order valence-corrected chi connectivity index (χ2v) is 5.64. The van der Waals surface area contributed by atoms with Gasteiger partial charge in [0.25, 0.3) is 0 Å². The second kappa shape index (κ2) is 8.69. The highest BCUT2D eigenvalue weighted by Crippen LogP contribution is 2.39. The van der Waals surface area contributed by atoms with Crippen molar-refractivity contribution in [2.75, 3.05) is 12.9 Å². The Bertz CT molecular complexity index is 294. The van der Waals surface area contributed by atoms with Gasteiger partial charge >= 0.3 is 18.1 Å². The van der Waals surface area contributed by atoms with E-state index in [1.54, 1.807) is 0 Å². The standard InChI is InChI=1S/C12H19F5O2S/c1-3-4-5-6-9(10(18)19-2)20-8-7-11(13,14)12(15,16)17/h9H,3-8H2,1-2H3. The first-order valence-electron chi connectivity index (χ1n) is 6.29. The molecule has 0 aromatic carbocycles. The largest absolute Gasteiger partial charge is 0.468 e. The molecule has 120 valence electrons. The van der Waals surface area contributed by atoms with Crippen LogP contribution in [0.5, 0.6) is 0 Å². The molecule has 0 heterocycles. The predicted octanol–water partition coefficient (Wildman–Crippen LogP) is 4.43. The Morgan fingerprint density at radius 3 is 2.25 bits per heavy atom. The lowest BCUT2D eigenvalue weighted by atomic mass is 10.1. The molecule has 0 spiro atoms. The SMILES string of the molecule is CCCCCC(SCCC(F)(F)C(F)(F)F)C(=O)OC. The molecule has 0 aromatic heterocycles. The summed E-state index contributed by atoms with van der Waals surface area (Å²) in [4.78, 5) is 11.4. The first-order valence-corrected chi connectivity index (χ1v) is 7.34. The van der Waals surface area contributed by atoms with Gasteiger partial charge in [-0.3, -0.25) is 4.79 Å². The molecule has 0 aromatic rings. The second-order valence-electron chi connectivity index (χ2n) is 4.33. The fraction of sp³-hybridized carbons (Fsp3) is 0.917. The molecule has 0 saturated carbocycles. The van der Waals surface area contributed by atoms with Crippen LogP contribution in [0.4, 0.5) is 22.0 Å². The van der Waals surface area contributed by atoms with Crippen molar-refractivity contribution in [2.45, 2.75) is 56.4 Å². The van der Waals surface area contributed by atoms with Crippen LogP contribution in [0.1, 0.15) is 39.0 Å². The van der Waals surface area contributed by atoms with Gasteiger partial charge in [0.2, 0.25) is 0 Å². The van der Waals surface area contributed by atoms with Crippen molar-refractivity contribution >= 4 is 17.7 Å². The molecule has 8 heteroatoms. The molecular weight excluding hydrogens is 303 g/mol. The Morgan fingerprint density at radius 1 is 1.20 bits per heavy atom. The molecule has 2 nitrogen and oxygen atoms in total. The van der Waals surface area contributed by atoms with Gasteiger partial charge in [-0.05, 0) is 6.42 Å². The van der Waals surface area contributed by atoms with Crippen LogP contribution in [0.3, 0.4) is 0 Å². The highest BCUT2D eigenvalue weighted by Gasteiger charge is 2.56. The van der Waals surface area contributed by atoms with E-state index in [0.717, 1.165) is 24.6 Å². The summed E-state index contributed by atoms with van der Waals surface area (Å²) in [5.41, 5.74) is 0. The van der Waals surface area contributed by atoms with Crippen molar-refractivity contribution in [3.63, 3.8) is 0 Å². The number of carbonyl (C=O) groups is 1. The number of hydrogen-bond acceptors (Lipinski definition) is 3. The number of halogens is 5. The Morgan fingerprint density at radius 2 is 1.80 bits per heavy atom. The summed E-state index contributed by atoms with van der Waals surface area (Å²) in [5.74, 6) is -5.75. The maximum absolute atomic E-state index is 12.7. The molecule has 0 aliphatic carbocycles. The van der Waals surface area contributed by atoms with Crippen molar-refractivity contribution in [3.8, 4) is 0 Å². The molecule has 0 fully saturated rings. The number of rotatable bonds is 9. The third-order valence-electron chi connectivity index (χ3n) is 2.68. The van der Waals surface area contributed by atoms with Gasteiger partial charge < -0.3 is 4.74 Å². The van der Waals surface area contributed by atoms with Crippen molar-refractivity contribution in [3.05, 3.63) is 0 Å². The number of unbranched alkanes of at least 4 members (excludes halogenated alkanes) is 2. The van der Waals surface area contributed by atoms with Crippen LogP contribution in [0.15, 0.2) is 0 Å². The van der Waals surface area contributed by atoms with E-state index in [9.17, 15) is 26.7 Å². The monoisotopic (exact) mass is 322 g/mol. The van der Waals surface area contributed by atoms with Gasteiger partial charge in [-0.1, -0.05) is 26.2 Å². The molecule has 0 aliphatic rings. The summed E-state index contributed by atoms with van der Waals surface area (Å²) in [6.45, 7) is 1.96. The van der Waals surface area contributed by atoms with Gasteiger partial charge in [-0.25, -0.2) is 0 Å². The molecular formula is C12H19F5O2S. The first kappa shape index (κ1) is 19.5. The minimum atomic E-state index is -5.55. The van der Waals surface area contributed by atoms with E-state index in [4.69, 9.17) is 0 Å². The Balaban J connectivity index is 4.29. The lowest BCUT2D eigenvalue weighted by Crippen LogP contribution is -2.37. The summed E-state index contributed by atoms with van der Waals surface area (Å²) in [6, 6.07) is 0. The number of carbonyl (C=O) groups excluding carboxylic acids is 1. The highest BCUT2D eigenvalue weighted by atomic mass is 32.2. The maximum Gasteiger partial charge on any atom is 0.453 e. The molecule has 0 N–H and O–H groups in total. The number of hydrogen-bond donors (Lipinski definition) is 0. The lowest BCUT2D eigenvalue weighted by Gasteiger charge is -2.20. The third-order valence-corrected chi connectivity index (χ3v) is 3.95. The van der Waals surface area contributed by atoms with E-state index in [0.29, 0.717) is 12.8 Å². The van der Waals surface area contributed by atoms with Gasteiger partial charge in [0.15, 0.2) is 0 Å². The molecule has 0 radical (unpaired) electrons. The molecule has 0 aliphatic heterocycles. The molecule has 1 unspecified atom stereocenters. The molecule has 0 amide bonds. The molecule has 0 bridgehead atoms. The van der Waals surface area contributed by atoms with E-state index in [1.807, 2.05) is 6.92 Å². The number of ether oxygens (including phenoxy) is 1. The van der Waals surface area contributed by atoms with Gasteiger partial charge in [-0.2, -0.15) is 22.0 Å². The summed E-state index contributed by atoms with van der Waals surface area (Å²) in [6.07, 6.45) is -3.96. The molecule has 0 rings (SSSR count). The Labute approximate surface area is 119 Å². The summed E-state index contributed by atoms with van der Waals surface area (Å²) in [5, 5.41) is -0.685. The van der Waals surface area contributed by atoms with E-state index in [-0.39, 0.29) is 0 Å². The van der Waals surface area contributed by atoms with Crippen molar-refractivity contribution in [1.82, 2.24) is 0 Å². The van der Waals surface area contributed by atoms with Crippen molar-refractivity contribution in [2.24, 2.45) is 0 Å². The fourth-order valence-electron chi connectivity index (χ4n) is 1.45. The number of esters is 1. The van der Waals surface area contributed by atoms with Crippen LogP contribution in [0.2, 0.25) is 0 Å². The van der Waals surface area contributed by atoms with Gasteiger partial charge in [-0.15, -0.1) is 11.8 Å². The van der Waals surface area contributed by atoms with Gasteiger partial charge in [0, 0.05) is 12.2 Å². The Hall–Kier alpha value is -0.530. The molecule has 0 saturated heterocycles. The minimum Gasteiger partial charge on any atom is -0.468 e. The molecule has 1 atom stereocenters. The van der Waals surface area contributed by atoms with Crippen LogP contribution < -0.4 is 0 Å². The van der Waals surface area contributed by atoms with Crippen LogP contribution in [-0.4, -0.2) is 36.2 Å². The van der Waals surface area contributed by atoms with E-state index >= 15 is 0 Å². The van der Waals surface area contributed by atoms with E-state index < -0.39 is 35.5 Å². The van der Waals surface area contributed by atoms with Crippen LogP contribution in [0, 0.1) is 0 Å². The zero-order chi connectivity index (χ0) is 15.8. The van der Waals surface area contributed by atoms with E-state index in [2.05, 4.69) is 4.74 Å². The Kier molecular flexibility index (Phi) is 8.46. The van der Waals surface area contributed by atoms with Crippen LogP contribution in [0.25, 0.3) is 0 Å². The number of methoxy groups -OCH3 is 1. The minimum absolute atomic E-state index is 0.419. The topological polar surface area (TPSA) is 26.3 Å². The van der Waals surface area contributed by atoms with Crippen LogP contribution >= 0.6 is 11.8 Å². The van der Waals surface area contributed by atoms with Crippen molar-refractivity contribution < 1.29 is 31.5 Å². The predicted molar refractivity (Wildman–Crippen MR) is 68.0 cm³/mol. The number of alkyl halides is 5. The molecule has 20 heavy (non-hydrogen) atoms. The quantitative estimate of drug-likeness (QED) is 0.357. The smallest absolute Gasteiger partial charge is 0.453 e. The van der Waals surface area contributed by atoms with Gasteiger partial charge in [0.1, 0.15) is 5.25 Å². The average Bonchev–Trinajstić information content (AvgIpc) is 2.34. The van der Waals surface area contributed by atoms with Crippen molar-refractivity contribution in [1.29, 1.82) is 0 Å². The summed E-state index contributed by atoms with van der Waals surface area (Å²) < 4.78 is 65.9. The fourth-order valence-corrected chi connectivity index (χ4v) is 2.68. The maximum atomic E-state index is 12.7.